The predicted octanol–water partition coefficient (Wildman–Crippen LogP) is 3.02. The van der Waals surface area contributed by atoms with Crippen molar-refractivity contribution in [1.82, 2.24) is 9.97 Å². The molecule has 3 N–H and O–H groups in total. The fourth-order valence-electron chi connectivity index (χ4n) is 3.39. The van der Waals surface area contributed by atoms with Gasteiger partial charge in [0, 0.05) is 19.6 Å². The van der Waals surface area contributed by atoms with Gasteiger partial charge >= 0.3 is 5.69 Å². The van der Waals surface area contributed by atoms with Crippen molar-refractivity contribution in [2.24, 2.45) is 5.92 Å². The number of hydrogen-bond acceptors (Lipinski definition) is 7. The molecule has 1 aromatic carbocycles. The van der Waals surface area contributed by atoms with Gasteiger partial charge in [-0.1, -0.05) is 36.4 Å². The molecule has 1 saturated heterocycles. The summed E-state index contributed by atoms with van der Waals surface area (Å²) in [5.74, 6) is 1.000. The summed E-state index contributed by atoms with van der Waals surface area (Å²) in [5.41, 5.74) is 6.95. The smallest absolute Gasteiger partial charge is 0.353 e. The molecule has 2 aromatic rings. The predicted molar refractivity (Wildman–Crippen MR) is 107 cm³/mol. The van der Waals surface area contributed by atoms with Crippen LogP contribution in [0.3, 0.4) is 0 Å². The number of hydrogen-bond donors (Lipinski definition) is 2. The van der Waals surface area contributed by atoms with Gasteiger partial charge in [-0.05, 0) is 30.7 Å². The Morgan fingerprint density at radius 1 is 1.30 bits per heavy atom. The summed E-state index contributed by atoms with van der Waals surface area (Å²) in [6, 6.07) is 10.4. The Hall–Kier alpha value is -3.16. The Labute approximate surface area is 158 Å². The van der Waals surface area contributed by atoms with E-state index in [9.17, 15) is 10.1 Å². The molecule has 0 bridgehead atoms. The summed E-state index contributed by atoms with van der Waals surface area (Å²) >= 11 is 0. The number of nitrogens with one attached hydrogen (secondary N) is 1. The van der Waals surface area contributed by atoms with Gasteiger partial charge in [-0.2, -0.15) is 9.97 Å². The van der Waals surface area contributed by atoms with Crippen LogP contribution in [0.2, 0.25) is 0 Å². The number of nitrogens with zero attached hydrogens (tertiary/aromatic N) is 4. The lowest BCUT2D eigenvalue weighted by Gasteiger charge is -2.32. The summed E-state index contributed by atoms with van der Waals surface area (Å²) in [7, 11) is 0. The molecule has 27 heavy (non-hydrogen) atoms. The SMILES string of the molecule is C=CCNc1nc(N)c([N+](=O)[O-])c(N2CCC(Cc3ccccc3)CC2)n1. The van der Waals surface area contributed by atoms with E-state index < -0.39 is 4.92 Å². The van der Waals surface area contributed by atoms with Gasteiger partial charge in [-0.3, -0.25) is 10.1 Å². The average molecular weight is 368 g/mol. The van der Waals surface area contributed by atoms with Crippen molar-refractivity contribution in [3.8, 4) is 0 Å². The van der Waals surface area contributed by atoms with E-state index >= 15 is 0 Å². The van der Waals surface area contributed by atoms with Crippen LogP contribution in [-0.2, 0) is 6.42 Å². The van der Waals surface area contributed by atoms with Crippen molar-refractivity contribution >= 4 is 23.3 Å². The Balaban J connectivity index is 1.75. The second-order valence-corrected chi connectivity index (χ2v) is 6.65. The zero-order chi connectivity index (χ0) is 19.2. The minimum absolute atomic E-state index is 0.122. The molecule has 1 aliphatic rings. The van der Waals surface area contributed by atoms with Gasteiger partial charge in [0.25, 0.3) is 0 Å². The standard InChI is InChI=1S/C19H24N6O2/c1-2-10-21-19-22-17(20)16(25(26)27)18(23-19)24-11-8-15(9-12-24)13-14-6-4-3-5-7-14/h2-7,15H,1,8-13H2,(H3,20,21,22,23). The molecule has 1 aliphatic heterocycles. The third kappa shape index (κ3) is 4.52. The highest BCUT2D eigenvalue weighted by Crippen LogP contribution is 2.34. The lowest BCUT2D eigenvalue weighted by atomic mass is 9.90. The van der Waals surface area contributed by atoms with Crippen molar-refractivity contribution in [3.05, 3.63) is 58.7 Å². The van der Waals surface area contributed by atoms with Crippen LogP contribution in [0.5, 0.6) is 0 Å². The van der Waals surface area contributed by atoms with E-state index in [-0.39, 0.29) is 23.3 Å². The topological polar surface area (TPSA) is 110 Å². The number of rotatable bonds is 7. The van der Waals surface area contributed by atoms with Gasteiger partial charge in [-0.15, -0.1) is 6.58 Å². The minimum Gasteiger partial charge on any atom is -0.378 e. The molecule has 0 aliphatic carbocycles. The molecule has 0 atom stereocenters. The van der Waals surface area contributed by atoms with E-state index in [2.05, 4.69) is 46.1 Å². The van der Waals surface area contributed by atoms with Crippen molar-refractivity contribution in [2.45, 2.75) is 19.3 Å². The van der Waals surface area contributed by atoms with Crippen molar-refractivity contribution in [1.29, 1.82) is 0 Å². The molecule has 0 spiro atoms. The van der Waals surface area contributed by atoms with E-state index in [1.807, 2.05) is 11.0 Å². The molecule has 2 heterocycles. The molecule has 0 radical (unpaired) electrons. The summed E-state index contributed by atoms with van der Waals surface area (Å²) in [5, 5.41) is 14.5. The average Bonchev–Trinajstić information content (AvgIpc) is 2.67. The lowest BCUT2D eigenvalue weighted by Crippen LogP contribution is -2.35. The largest absolute Gasteiger partial charge is 0.378 e. The maximum Gasteiger partial charge on any atom is 0.353 e. The minimum atomic E-state index is -0.502. The van der Waals surface area contributed by atoms with Gasteiger partial charge < -0.3 is 16.0 Å². The number of nitrogens with two attached hydrogens (primary N) is 1. The maximum atomic E-state index is 11.5. The van der Waals surface area contributed by atoms with Crippen LogP contribution in [-0.4, -0.2) is 34.5 Å². The summed E-state index contributed by atoms with van der Waals surface area (Å²) in [6.07, 6.45) is 4.58. The zero-order valence-corrected chi connectivity index (χ0v) is 15.2. The Kier molecular flexibility index (Phi) is 5.85. The molecule has 1 aromatic heterocycles. The molecule has 0 unspecified atom stereocenters. The van der Waals surface area contributed by atoms with Crippen LogP contribution in [0, 0.1) is 16.0 Å². The van der Waals surface area contributed by atoms with Crippen LogP contribution >= 0.6 is 0 Å². The first-order valence-electron chi connectivity index (χ1n) is 9.04. The molecular weight excluding hydrogens is 344 g/mol. The Morgan fingerprint density at radius 2 is 2.00 bits per heavy atom. The second kappa shape index (κ2) is 8.48. The Bertz CT molecular complexity index is 803. The first-order valence-corrected chi connectivity index (χ1v) is 9.04. The molecular formula is C19H24N6O2. The molecule has 142 valence electrons. The number of aromatic nitrogens is 2. The number of piperidine rings is 1. The highest BCUT2D eigenvalue weighted by atomic mass is 16.6. The van der Waals surface area contributed by atoms with E-state index in [4.69, 9.17) is 5.73 Å². The molecule has 3 rings (SSSR count). The fraction of sp³-hybridized carbons (Fsp3) is 0.368. The van der Waals surface area contributed by atoms with Crippen LogP contribution in [0.25, 0.3) is 0 Å². The molecule has 8 nitrogen and oxygen atoms in total. The fourth-order valence-corrected chi connectivity index (χ4v) is 3.39. The number of nitrogen functional groups attached to an aromatic ring is 1. The van der Waals surface area contributed by atoms with E-state index in [0.29, 0.717) is 25.6 Å². The zero-order valence-electron chi connectivity index (χ0n) is 15.2. The van der Waals surface area contributed by atoms with Crippen LogP contribution < -0.4 is 16.0 Å². The third-order valence-electron chi connectivity index (χ3n) is 4.76. The van der Waals surface area contributed by atoms with Gasteiger partial charge in [0.05, 0.1) is 4.92 Å². The summed E-state index contributed by atoms with van der Waals surface area (Å²) in [4.78, 5) is 21.3. The van der Waals surface area contributed by atoms with Crippen molar-refractivity contribution < 1.29 is 4.92 Å². The third-order valence-corrected chi connectivity index (χ3v) is 4.76. The van der Waals surface area contributed by atoms with E-state index in [0.717, 1.165) is 19.3 Å². The van der Waals surface area contributed by atoms with Gasteiger partial charge in [-0.25, -0.2) is 0 Å². The molecule has 1 fully saturated rings. The van der Waals surface area contributed by atoms with Gasteiger partial charge in [0.2, 0.25) is 17.6 Å². The maximum absolute atomic E-state index is 11.5. The molecule has 8 heteroatoms. The van der Waals surface area contributed by atoms with Crippen LogP contribution in [0.4, 0.5) is 23.3 Å². The Morgan fingerprint density at radius 3 is 2.63 bits per heavy atom. The molecule has 0 amide bonds. The first-order chi connectivity index (χ1) is 13.1. The lowest BCUT2D eigenvalue weighted by molar-refractivity contribution is -0.383. The van der Waals surface area contributed by atoms with E-state index in [1.54, 1.807) is 6.08 Å². The van der Waals surface area contributed by atoms with E-state index in [1.165, 1.54) is 5.56 Å². The van der Waals surface area contributed by atoms with Crippen molar-refractivity contribution in [3.63, 3.8) is 0 Å². The van der Waals surface area contributed by atoms with Crippen LogP contribution in [0.1, 0.15) is 18.4 Å². The monoisotopic (exact) mass is 368 g/mol. The normalized spacial score (nSPS) is 14.7. The first kappa shape index (κ1) is 18.6. The quantitative estimate of drug-likeness (QED) is 0.439. The van der Waals surface area contributed by atoms with Crippen molar-refractivity contribution in [2.75, 3.05) is 35.6 Å². The number of benzene rings is 1. The highest BCUT2D eigenvalue weighted by molar-refractivity contribution is 5.71. The summed E-state index contributed by atoms with van der Waals surface area (Å²) in [6.45, 7) is 5.49. The second-order valence-electron chi connectivity index (χ2n) is 6.65. The highest BCUT2D eigenvalue weighted by Gasteiger charge is 2.30. The molecule has 0 saturated carbocycles. The summed E-state index contributed by atoms with van der Waals surface area (Å²) < 4.78 is 0. The van der Waals surface area contributed by atoms with Gasteiger partial charge in [0.15, 0.2) is 0 Å². The number of nitro groups is 1. The van der Waals surface area contributed by atoms with Crippen LogP contribution in [0.15, 0.2) is 43.0 Å². The van der Waals surface area contributed by atoms with Gasteiger partial charge in [0.1, 0.15) is 0 Å². The number of anilines is 3.